The molecule has 1 atom stereocenters. The molecular formula is C17H18ClNO2. The Balaban J connectivity index is 2.18. The Hall–Kier alpha value is -1.84. The van der Waals surface area contributed by atoms with Crippen molar-refractivity contribution in [3.63, 3.8) is 0 Å². The largest absolute Gasteiger partial charge is 0.481 e. The highest BCUT2D eigenvalue weighted by Crippen LogP contribution is 2.18. The molecule has 2 aromatic rings. The number of benzene rings is 2. The summed E-state index contributed by atoms with van der Waals surface area (Å²) in [5.41, 5.74) is 0.651. The lowest BCUT2D eigenvalue weighted by Gasteiger charge is -2.21. The summed E-state index contributed by atoms with van der Waals surface area (Å²) < 4.78 is 5.85. The molecule has 0 heterocycles. The summed E-state index contributed by atoms with van der Waals surface area (Å²) in [7, 11) is 3.83. The third-order valence-electron chi connectivity index (χ3n) is 2.97. The van der Waals surface area contributed by atoms with Crippen LogP contribution < -0.4 is 4.74 Å². The van der Waals surface area contributed by atoms with Crippen molar-refractivity contribution in [2.24, 2.45) is 0 Å². The van der Waals surface area contributed by atoms with Gasteiger partial charge in [0.25, 0.3) is 0 Å². The maximum absolute atomic E-state index is 12.6. The molecule has 0 fully saturated rings. The molecule has 0 N–H and O–H groups in total. The second kappa shape index (κ2) is 7.25. The summed E-state index contributed by atoms with van der Waals surface area (Å²) in [6, 6.07) is 16.2. The van der Waals surface area contributed by atoms with Gasteiger partial charge in [-0.3, -0.25) is 4.79 Å². The van der Waals surface area contributed by atoms with Gasteiger partial charge in [0.2, 0.25) is 5.78 Å². The molecule has 2 aromatic carbocycles. The van der Waals surface area contributed by atoms with E-state index < -0.39 is 6.10 Å². The van der Waals surface area contributed by atoms with Gasteiger partial charge >= 0.3 is 0 Å². The van der Waals surface area contributed by atoms with Crippen LogP contribution in [0, 0.1) is 0 Å². The van der Waals surface area contributed by atoms with E-state index in [2.05, 4.69) is 0 Å². The maximum Gasteiger partial charge on any atom is 0.204 e. The number of likely N-dealkylation sites (N-methyl/N-ethyl adjacent to an activating group) is 1. The molecule has 0 aliphatic carbocycles. The first-order valence-corrected chi connectivity index (χ1v) is 7.10. The van der Waals surface area contributed by atoms with Crippen molar-refractivity contribution in [2.45, 2.75) is 6.10 Å². The molecule has 2 rings (SSSR count). The van der Waals surface area contributed by atoms with Crippen molar-refractivity contribution >= 4 is 17.4 Å². The van der Waals surface area contributed by atoms with Gasteiger partial charge in [-0.2, -0.15) is 0 Å². The highest BCUT2D eigenvalue weighted by atomic mass is 35.5. The van der Waals surface area contributed by atoms with Gasteiger partial charge < -0.3 is 9.64 Å². The van der Waals surface area contributed by atoms with Gasteiger partial charge in [-0.25, -0.2) is 0 Å². The molecule has 0 saturated carbocycles. The predicted octanol–water partition coefficient (Wildman–Crippen LogP) is 3.53. The summed E-state index contributed by atoms with van der Waals surface area (Å²) in [6.07, 6.45) is -0.552. The molecule has 0 radical (unpaired) electrons. The number of rotatable bonds is 6. The van der Waals surface area contributed by atoms with E-state index in [9.17, 15) is 4.79 Å². The van der Waals surface area contributed by atoms with E-state index in [-0.39, 0.29) is 5.78 Å². The van der Waals surface area contributed by atoms with Crippen LogP contribution in [0.25, 0.3) is 0 Å². The van der Waals surface area contributed by atoms with Crippen LogP contribution >= 0.6 is 11.6 Å². The third kappa shape index (κ3) is 4.59. The SMILES string of the molecule is CN(C)C[C@H](Oc1ccc(Cl)cc1)C(=O)c1ccccc1. The van der Waals surface area contributed by atoms with Gasteiger partial charge in [0.15, 0.2) is 6.10 Å². The van der Waals surface area contributed by atoms with E-state index in [0.717, 1.165) is 0 Å². The first kappa shape index (κ1) is 15.5. The van der Waals surface area contributed by atoms with E-state index in [4.69, 9.17) is 16.3 Å². The molecule has 4 heteroatoms. The molecule has 0 spiro atoms. The predicted molar refractivity (Wildman–Crippen MR) is 85.2 cm³/mol. The lowest BCUT2D eigenvalue weighted by atomic mass is 10.1. The molecule has 0 aliphatic rings. The maximum atomic E-state index is 12.6. The van der Waals surface area contributed by atoms with Gasteiger partial charge in [-0.05, 0) is 38.4 Å². The highest BCUT2D eigenvalue weighted by molar-refractivity contribution is 6.30. The zero-order chi connectivity index (χ0) is 15.2. The zero-order valence-electron chi connectivity index (χ0n) is 12.1. The minimum Gasteiger partial charge on any atom is -0.481 e. The number of halogens is 1. The molecule has 0 bridgehead atoms. The fourth-order valence-electron chi connectivity index (χ4n) is 1.97. The molecule has 0 aromatic heterocycles. The van der Waals surface area contributed by atoms with Crippen LogP contribution in [0.3, 0.4) is 0 Å². The quantitative estimate of drug-likeness (QED) is 0.765. The number of ketones is 1. The fourth-order valence-corrected chi connectivity index (χ4v) is 2.10. The van der Waals surface area contributed by atoms with E-state index in [1.807, 2.05) is 37.2 Å². The number of hydrogen-bond acceptors (Lipinski definition) is 3. The fraction of sp³-hybridized carbons (Fsp3) is 0.235. The number of hydrogen-bond donors (Lipinski definition) is 0. The van der Waals surface area contributed by atoms with Crippen LogP contribution in [0.4, 0.5) is 0 Å². The zero-order valence-corrected chi connectivity index (χ0v) is 12.9. The average molecular weight is 304 g/mol. The highest BCUT2D eigenvalue weighted by Gasteiger charge is 2.22. The minimum absolute atomic E-state index is 0.0285. The monoisotopic (exact) mass is 303 g/mol. The van der Waals surface area contributed by atoms with Crippen LogP contribution in [0.5, 0.6) is 5.75 Å². The Bertz CT molecular complexity index is 581. The van der Waals surface area contributed by atoms with E-state index in [1.54, 1.807) is 36.4 Å². The van der Waals surface area contributed by atoms with Crippen LogP contribution in [0.1, 0.15) is 10.4 Å². The number of nitrogens with zero attached hydrogens (tertiary/aromatic N) is 1. The van der Waals surface area contributed by atoms with E-state index in [0.29, 0.717) is 22.9 Å². The Morgan fingerprint density at radius 1 is 1.10 bits per heavy atom. The molecule has 0 saturated heterocycles. The van der Waals surface area contributed by atoms with Gasteiger partial charge in [-0.1, -0.05) is 41.9 Å². The van der Waals surface area contributed by atoms with Crippen molar-refractivity contribution in [3.05, 3.63) is 65.2 Å². The smallest absolute Gasteiger partial charge is 0.204 e. The van der Waals surface area contributed by atoms with Crippen molar-refractivity contribution in [1.82, 2.24) is 4.90 Å². The van der Waals surface area contributed by atoms with Crippen LogP contribution in [-0.2, 0) is 0 Å². The Labute approximate surface area is 130 Å². The van der Waals surface area contributed by atoms with Gasteiger partial charge in [0.05, 0.1) is 0 Å². The normalized spacial score (nSPS) is 12.2. The topological polar surface area (TPSA) is 29.5 Å². The van der Waals surface area contributed by atoms with Crippen molar-refractivity contribution in [3.8, 4) is 5.75 Å². The number of Topliss-reactive ketones (excluding diaryl/α,β-unsaturated/α-hetero) is 1. The van der Waals surface area contributed by atoms with Crippen molar-refractivity contribution in [2.75, 3.05) is 20.6 Å². The standard InChI is InChI=1S/C17H18ClNO2/c1-19(2)12-16(17(20)13-6-4-3-5-7-13)21-15-10-8-14(18)9-11-15/h3-11,16H,12H2,1-2H3/t16-/m0/s1. The molecular weight excluding hydrogens is 286 g/mol. The van der Waals surface area contributed by atoms with Gasteiger partial charge in [0.1, 0.15) is 5.75 Å². The molecule has 0 amide bonds. The van der Waals surface area contributed by atoms with Gasteiger partial charge in [0, 0.05) is 17.1 Å². The molecule has 0 unspecified atom stereocenters. The third-order valence-corrected chi connectivity index (χ3v) is 3.23. The second-order valence-electron chi connectivity index (χ2n) is 5.05. The minimum atomic E-state index is -0.552. The van der Waals surface area contributed by atoms with E-state index in [1.165, 1.54) is 0 Å². The Kier molecular flexibility index (Phi) is 5.37. The number of ether oxygens (including phenoxy) is 1. The number of carbonyl (C=O) groups is 1. The van der Waals surface area contributed by atoms with Crippen molar-refractivity contribution in [1.29, 1.82) is 0 Å². The first-order valence-electron chi connectivity index (χ1n) is 6.72. The molecule has 21 heavy (non-hydrogen) atoms. The van der Waals surface area contributed by atoms with Crippen LogP contribution in [0.15, 0.2) is 54.6 Å². The molecule has 0 aliphatic heterocycles. The summed E-state index contributed by atoms with van der Waals surface area (Å²) in [6.45, 7) is 0.510. The van der Waals surface area contributed by atoms with Gasteiger partial charge in [-0.15, -0.1) is 0 Å². The first-order chi connectivity index (χ1) is 10.1. The molecule has 3 nitrogen and oxygen atoms in total. The summed E-state index contributed by atoms with van der Waals surface area (Å²) in [5.74, 6) is 0.606. The van der Waals surface area contributed by atoms with Crippen LogP contribution in [0.2, 0.25) is 5.02 Å². The summed E-state index contributed by atoms with van der Waals surface area (Å²) in [5, 5.41) is 0.640. The van der Waals surface area contributed by atoms with Crippen LogP contribution in [-0.4, -0.2) is 37.4 Å². The van der Waals surface area contributed by atoms with Crippen molar-refractivity contribution < 1.29 is 9.53 Å². The lowest BCUT2D eigenvalue weighted by Crippen LogP contribution is -2.37. The number of carbonyl (C=O) groups excluding carboxylic acids is 1. The lowest BCUT2D eigenvalue weighted by molar-refractivity contribution is 0.0744. The Morgan fingerprint density at radius 2 is 1.71 bits per heavy atom. The summed E-state index contributed by atoms with van der Waals surface area (Å²) in [4.78, 5) is 14.5. The second-order valence-corrected chi connectivity index (χ2v) is 5.49. The Morgan fingerprint density at radius 3 is 2.29 bits per heavy atom. The van der Waals surface area contributed by atoms with E-state index >= 15 is 0 Å². The molecule has 110 valence electrons. The summed E-state index contributed by atoms with van der Waals surface area (Å²) >= 11 is 5.86. The average Bonchev–Trinajstić information content (AvgIpc) is 2.48.